The van der Waals surface area contributed by atoms with Gasteiger partial charge in [0.15, 0.2) is 0 Å². The van der Waals surface area contributed by atoms with Gasteiger partial charge in [-0.3, -0.25) is 0 Å². The van der Waals surface area contributed by atoms with Crippen LogP contribution in [0.4, 0.5) is 0 Å². The molecule has 0 aromatic carbocycles. The molecule has 10 heavy (non-hydrogen) atoms. The van der Waals surface area contributed by atoms with Crippen LogP contribution in [0.2, 0.25) is 0 Å². The van der Waals surface area contributed by atoms with Gasteiger partial charge < -0.3 is 10.6 Å². The number of nitrogens with two attached hydrogens (primary N) is 1. The standard InChI is InChI=1S/C7H16N2O/c1-2-3-6-9-10-7-4-5-8/h6H,2-5,7-8H2,1H3. The van der Waals surface area contributed by atoms with Crippen molar-refractivity contribution in [3.63, 3.8) is 0 Å². The molecule has 0 fully saturated rings. The Bertz CT molecular complexity index is 83.7. The van der Waals surface area contributed by atoms with Crippen LogP contribution in [0.15, 0.2) is 5.16 Å². The van der Waals surface area contributed by atoms with Gasteiger partial charge in [-0.15, -0.1) is 0 Å². The van der Waals surface area contributed by atoms with E-state index in [1.165, 1.54) is 0 Å². The fourth-order valence-corrected chi connectivity index (χ4v) is 0.435. The quantitative estimate of drug-likeness (QED) is 0.345. The van der Waals surface area contributed by atoms with Gasteiger partial charge in [0, 0.05) is 6.21 Å². The molecule has 0 aliphatic carbocycles. The summed E-state index contributed by atoms with van der Waals surface area (Å²) >= 11 is 0. The molecule has 0 spiro atoms. The first kappa shape index (κ1) is 9.43. The van der Waals surface area contributed by atoms with Crippen molar-refractivity contribution in [2.45, 2.75) is 26.2 Å². The highest BCUT2D eigenvalue weighted by Crippen LogP contribution is 1.83. The van der Waals surface area contributed by atoms with Crippen LogP contribution in [0.3, 0.4) is 0 Å². The lowest BCUT2D eigenvalue weighted by molar-refractivity contribution is 0.144. The molecule has 60 valence electrons. The van der Waals surface area contributed by atoms with Crippen molar-refractivity contribution in [3.8, 4) is 0 Å². The Hall–Kier alpha value is -0.570. The predicted octanol–water partition coefficient (Wildman–Crippen LogP) is 1.14. The summed E-state index contributed by atoms with van der Waals surface area (Å²) < 4.78 is 0. The van der Waals surface area contributed by atoms with E-state index in [4.69, 9.17) is 10.6 Å². The molecule has 2 N–H and O–H groups in total. The predicted molar refractivity (Wildman–Crippen MR) is 43.0 cm³/mol. The topological polar surface area (TPSA) is 47.6 Å². The normalized spacial score (nSPS) is 10.6. The second-order valence-electron chi connectivity index (χ2n) is 2.05. The zero-order valence-electron chi connectivity index (χ0n) is 6.55. The highest BCUT2D eigenvalue weighted by atomic mass is 16.6. The molecule has 0 bridgehead atoms. The average Bonchev–Trinajstić information content (AvgIpc) is 1.97. The molecule has 0 aliphatic rings. The summed E-state index contributed by atoms with van der Waals surface area (Å²) in [4.78, 5) is 4.87. The van der Waals surface area contributed by atoms with Gasteiger partial charge in [-0.2, -0.15) is 0 Å². The smallest absolute Gasteiger partial charge is 0.118 e. The number of hydrogen-bond acceptors (Lipinski definition) is 3. The van der Waals surface area contributed by atoms with Crippen molar-refractivity contribution < 1.29 is 4.84 Å². The van der Waals surface area contributed by atoms with Crippen molar-refractivity contribution in [3.05, 3.63) is 0 Å². The Kier molecular flexibility index (Phi) is 7.95. The zero-order valence-corrected chi connectivity index (χ0v) is 6.55. The minimum absolute atomic E-state index is 0.636. The minimum Gasteiger partial charge on any atom is -0.396 e. The molecule has 0 aliphatic heterocycles. The fourth-order valence-electron chi connectivity index (χ4n) is 0.435. The number of rotatable bonds is 6. The van der Waals surface area contributed by atoms with Gasteiger partial charge in [-0.1, -0.05) is 18.5 Å². The molecule has 0 unspecified atom stereocenters. The zero-order chi connectivity index (χ0) is 7.66. The molecule has 3 heteroatoms. The van der Waals surface area contributed by atoms with Crippen LogP contribution in [0.5, 0.6) is 0 Å². The second-order valence-corrected chi connectivity index (χ2v) is 2.05. The van der Waals surface area contributed by atoms with Crippen molar-refractivity contribution in [2.24, 2.45) is 10.9 Å². The maximum absolute atomic E-state index is 5.24. The number of unbranched alkanes of at least 4 members (excludes halogenated alkanes) is 1. The van der Waals surface area contributed by atoms with Gasteiger partial charge in [-0.25, -0.2) is 0 Å². The van der Waals surface area contributed by atoms with Gasteiger partial charge in [0.2, 0.25) is 0 Å². The van der Waals surface area contributed by atoms with E-state index in [0.29, 0.717) is 13.2 Å². The molecular formula is C7H16N2O. The lowest BCUT2D eigenvalue weighted by atomic mass is 10.4. The number of nitrogens with zero attached hydrogens (tertiary/aromatic N) is 1. The van der Waals surface area contributed by atoms with E-state index in [1.807, 2.05) is 0 Å². The van der Waals surface area contributed by atoms with E-state index in [1.54, 1.807) is 6.21 Å². The molecule has 0 saturated carbocycles. The second kappa shape index (κ2) is 8.43. The molecule has 0 amide bonds. The summed E-state index contributed by atoms with van der Waals surface area (Å²) in [7, 11) is 0. The summed E-state index contributed by atoms with van der Waals surface area (Å²) in [6.45, 7) is 3.41. The first-order valence-corrected chi connectivity index (χ1v) is 3.75. The summed E-state index contributed by atoms with van der Waals surface area (Å²) in [6, 6.07) is 0. The van der Waals surface area contributed by atoms with Crippen molar-refractivity contribution >= 4 is 6.21 Å². The van der Waals surface area contributed by atoms with E-state index in [-0.39, 0.29) is 0 Å². The van der Waals surface area contributed by atoms with Gasteiger partial charge in [0.05, 0.1) is 0 Å². The largest absolute Gasteiger partial charge is 0.396 e. The SMILES string of the molecule is CCCC=NOCCCN. The lowest BCUT2D eigenvalue weighted by Gasteiger charge is -1.94. The summed E-state index contributed by atoms with van der Waals surface area (Å²) in [5.41, 5.74) is 5.24. The fraction of sp³-hybridized carbons (Fsp3) is 0.857. The van der Waals surface area contributed by atoms with Crippen LogP contribution in [-0.4, -0.2) is 19.4 Å². The van der Waals surface area contributed by atoms with Gasteiger partial charge in [0.1, 0.15) is 6.61 Å². The summed E-state index contributed by atoms with van der Waals surface area (Å²) in [6.07, 6.45) is 4.77. The van der Waals surface area contributed by atoms with Gasteiger partial charge in [0.25, 0.3) is 0 Å². The Morgan fingerprint density at radius 2 is 2.40 bits per heavy atom. The van der Waals surface area contributed by atoms with E-state index < -0.39 is 0 Å². The van der Waals surface area contributed by atoms with Crippen LogP contribution in [0.1, 0.15) is 26.2 Å². The molecule has 0 aromatic heterocycles. The van der Waals surface area contributed by atoms with E-state index in [0.717, 1.165) is 19.3 Å². The third-order valence-electron chi connectivity index (χ3n) is 1.01. The maximum atomic E-state index is 5.24. The highest BCUT2D eigenvalue weighted by molar-refractivity contribution is 5.55. The van der Waals surface area contributed by atoms with E-state index >= 15 is 0 Å². The third-order valence-corrected chi connectivity index (χ3v) is 1.01. The average molecular weight is 144 g/mol. The van der Waals surface area contributed by atoms with E-state index in [2.05, 4.69) is 12.1 Å². The molecule has 0 heterocycles. The van der Waals surface area contributed by atoms with Crippen molar-refractivity contribution in [2.75, 3.05) is 13.2 Å². The molecule has 0 aromatic rings. The maximum Gasteiger partial charge on any atom is 0.118 e. The Morgan fingerprint density at radius 3 is 3.00 bits per heavy atom. The molecule has 0 radical (unpaired) electrons. The van der Waals surface area contributed by atoms with Crippen LogP contribution in [0, 0.1) is 0 Å². The Morgan fingerprint density at radius 1 is 1.60 bits per heavy atom. The molecule has 3 nitrogen and oxygen atoms in total. The molecule has 0 rings (SSSR count). The highest BCUT2D eigenvalue weighted by Gasteiger charge is 1.80. The molecule has 0 atom stereocenters. The molecular weight excluding hydrogens is 128 g/mol. The van der Waals surface area contributed by atoms with Gasteiger partial charge >= 0.3 is 0 Å². The van der Waals surface area contributed by atoms with E-state index in [9.17, 15) is 0 Å². The lowest BCUT2D eigenvalue weighted by Crippen LogP contribution is -2.01. The van der Waals surface area contributed by atoms with Crippen LogP contribution < -0.4 is 5.73 Å². The van der Waals surface area contributed by atoms with Crippen LogP contribution >= 0.6 is 0 Å². The Labute approximate surface area is 62.2 Å². The van der Waals surface area contributed by atoms with Crippen LogP contribution in [0.25, 0.3) is 0 Å². The number of hydrogen-bond donors (Lipinski definition) is 1. The van der Waals surface area contributed by atoms with Gasteiger partial charge in [-0.05, 0) is 19.4 Å². The first-order chi connectivity index (χ1) is 4.91. The minimum atomic E-state index is 0.636. The monoisotopic (exact) mass is 144 g/mol. The third kappa shape index (κ3) is 7.43. The summed E-state index contributed by atoms with van der Waals surface area (Å²) in [5.74, 6) is 0. The first-order valence-electron chi connectivity index (χ1n) is 3.75. The molecule has 0 saturated heterocycles. The van der Waals surface area contributed by atoms with Crippen molar-refractivity contribution in [1.82, 2.24) is 0 Å². The number of oxime groups is 1. The Balaban J connectivity index is 2.88. The van der Waals surface area contributed by atoms with Crippen LogP contribution in [-0.2, 0) is 4.84 Å². The summed E-state index contributed by atoms with van der Waals surface area (Å²) in [5, 5.41) is 3.72. The van der Waals surface area contributed by atoms with Crippen molar-refractivity contribution in [1.29, 1.82) is 0 Å².